The van der Waals surface area contributed by atoms with Crippen LogP contribution in [0.2, 0.25) is 0 Å². The van der Waals surface area contributed by atoms with Gasteiger partial charge in [0.15, 0.2) is 0 Å². The largest absolute Gasteiger partial charge is 0.472 e. The maximum atomic E-state index is 12.1. The fourth-order valence-corrected chi connectivity index (χ4v) is 6.52. The van der Waals surface area contributed by atoms with Gasteiger partial charge in [0.25, 0.3) is 0 Å². The first-order valence-corrected chi connectivity index (χ1v) is 24.1. The molecule has 1 amide bonds. The lowest BCUT2D eigenvalue weighted by atomic mass is 10.0. The molecule has 2 unspecified atom stereocenters. The van der Waals surface area contributed by atoms with Crippen molar-refractivity contribution in [3.8, 4) is 0 Å². The zero-order valence-corrected chi connectivity index (χ0v) is 37.4. The van der Waals surface area contributed by atoms with Gasteiger partial charge >= 0.3 is 13.8 Å². The zero-order chi connectivity index (χ0) is 42.5. The molecule has 0 heterocycles. The van der Waals surface area contributed by atoms with E-state index in [1.165, 1.54) is 83.5 Å². The predicted molar refractivity (Wildman–Crippen MR) is 242 cm³/mol. The summed E-state index contributed by atoms with van der Waals surface area (Å²) in [5.74, 6) is -0.653. The summed E-state index contributed by atoms with van der Waals surface area (Å²) in [5, 5.41) is 12.7. The lowest BCUT2D eigenvalue weighted by Gasteiger charge is -2.15. The summed E-state index contributed by atoms with van der Waals surface area (Å²) in [5.41, 5.74) is 0. The molecule has 0 saturated heterocycles. The second-order valence-corrected chi connectivity index (χ2v) is 16.1. The van der Waals surface area contributed by atoms with E-state index < -0.39 is 26.5 Å². The van der Waals surface area contributed by atoms with E-state index in [9.17, 15) is 24.2 Å². The molecule has 0 aromatic carbocycles. The lowest BCUT2D eigenvalue weighted by molar-refractivity contribution is -0.146. The Morgan fingerprint density at radius 2 is 0.948 bits per heavy atom. The molecule has 2 atom stereocenters. The summed E-state index contributed by atoms with van der Waals surface area (Å²) in [6.45, 7) is 3.33. The molecule has 0 aliphatic heterocycles. The van der Waals surface area contributed by atoms with Crippen molar-refractivity contribution in [2.45, 2.75) is 180 Å². The summed E-state index contributed by atoms with van der Waals surface area (Å²) in [6.07, 6.45) is 55.4. The first-order chi connectivity index (χ1) is 28.3. The van der Waals surface area contributed by atoms with Crippen LogP contribution >= 0.6 is 7.82 Å². The van der Waals surface area contributed by atoms with Gasteiger partial charge in [-0.15, -0.1) is 0 Å². The number of allylic oxidation sites excluding steroid dienone is 13. The maximum absolute atomic E-state index is 12.1. The van der Waals surface area contributed by atoms with Crippen LogP contribution in [0.1, 0.15) is 174 Å². The third-order valence-electron chi connectivity index (χ3n) is 9.12. The summed E-state index contributed by atoms with van der Waals surface area (Å²) in [4.78, 5) is 33.9. The van der Waals surface area contributed by atoms with Gasteiger partial charge in [-0.1, -0.05) is 195 Å². The van der Waals surface area contributed by atoms with Crippen molar-refractivity contribution in [1.29, 1.82) is 0 Å². The van der Waals surface area contributed by atoms with Crippen LogP contribution in [0.25, 0.3) is 0 Å². The molecule has 0 aliphatic carbocycles. The fourth-order valence-electron chi connectivity index (χ4n) is 5.76. The first-order valence-electron chi connectivity index (χ1n) is 22.6. The Kier molecular flexibility index (Phi) is 41.6. The van der Waals surface area contributed by atoms with E-state index in [1.54, 1.807) is 6.08 Å². The van der Waals surface area contributed by atoms with Crippen LogP contribution in [0.5, 0.6) is 0 Å². The highest BCUT2D eigenvalue weighted by molar-refractivity contribution is 7.47. The number of esters is 1. The molecule has 0 spiro atoms. The van der Waals surface area contributed by atoms with E-state index in [4.69, 9.17) is 13.8 Å². The summed E-state index contributed by atoms with van der Waals surface area (Å²) in [6, 6.07) is 0. The number of amides is 1. The van der Waals surface area contributed by atoms with Crippen LogP contribution in [-0.4, -0.2) is 54.3 Å². The molecule has 0 aromatic rings. The Balaban J connectivity index is 3.73. The number of carbonyl (C=O) groups excluding carboxylic acids is 2. The van der Waals surface area contributed by atoms with Crippen LogP contribution in [0.15, 0.2) is 85.1 Å². The monoisotopic (exact) mass is 832 g/mol. The topological polar surface area (TPSA) is 131 Å². The third kappa shape index (κ3) is 44.3. The average Bonchev–Trinajstić information content (AvgIpc) is 3.21. The molecule has 0 aliphatic rings. The van der Waals surface area contributed by atoms with Gasteiger partial charge < -0.3 is 20.1 Å². The van der Waals surface area contributed by atoms with Gasteiger partial charge in [-0.25, -0.2) is 4.57 Å². The molecular weight excluding hydrogens is 750 g/mol. The second-order valence-electron chi connectivity index (χ2n) is 14.7. The van der Waals surface area contributed by atoms with Gasteiger partial charge in [0.1, 0.15) is 12.7 Å². The molecule has 10 heteroatoms. The number of unbranched alkanes of at least 4 members (excludes halogenated alkanes) is 15. The summed E-state index contributed by atoms with van der Waals surface area (Å²) >= 11 is 0. The molecule has 3 N–H and O–H groups in total. The molecule has 0 radical (unpaired) electrons. The number of rotatable bonds is 41. The number of phosphoric acid groups is 1. The Morgan fingerprint density at radius 1 is 0.552 bits per heavy atom. The summed E-state index contributed by atoms with van der Waals surface area (Å²) < 4.78 is 26.8. The number of aliphatic hydroxyl groups is 1. The normalized spacial score (nSPS) is 14.1. The van der Waals surface area contributed by atoms with Crippen molar-refractivity contribution in [3.63, 3.8) is 0 Å². The van der Waals surface area contributed by atoms with Crippen LogP contribution in [0.4, 0.5) is 0 Å². The number of hydrogen-bond acceptors (Lipinski definition) is 7. The van der Waals surface area contributed by atoms with Gasteiger partial charge in [-0.3, -0.25) is 18.6 Å². The molecule has 9 nitrogen and oxygen atoms in total. The smallest absolute Gasteiger partial charge is 0.463 e. The number of phosphoric ester groups is 1. The van der Waals surface area contributed by atoms with Crippen molar-refractivity contribution in [3.05, 3.63) is 85.1 Å². The lowest BCUT2D eigenvalue weighted by Crippen LogP contribution is -2.27. The molecule has 0 aromatic heterocycles. The minimum atomic E-state index is -4.44. The van der Waals surface area contributed by atoms with E-state index >= 15 is 0 Å². The second kappa shape index (κ2) is 43.8. The highest BCUT2D eigenvalue weighted by atomic mass is 31.2. The number of carbonyl (C=O) groups is 2. The number of nitrogens with one attached hydrogen (secondary N) is 1. The third-order valence-corrected chi connectivity index (χ3v) is 10.1. The van der Waals surface area contributed by atoms with Gasteiger partial charge in [0, 0.05) is 13.0 Å². The fraction of sp³-hybridized carbons (Fsp3) is 0.667. The van der Waals surface area contributed by atoms with Crippen LogP contribution in [0, 0.1) is 0 Å². The van der Waals surface area contributed by atoms with E-state index in [2.05, 4.69) is 86.0 Å². The summed E-state index contributed by atoms with van der Waals surface area (Å²) in [7, 11) is -4.44. The molecule has 0 rings (SSSR count). The molecule has 58 heavy (non-hydrogen) atoms. The SMILES string of the molecule is CC/C=C\C/C=C\C/C=C\C/C=C\C/C=C\C/C=C\C/C=C\CC(=O)OCC(O)COP(=O)(O)OCCNC(=O)CCCCCCCCCCCCCCCCCC. The van der Waals surface area contributed by atoms with E-state index in [0.717, 1.165) is 57.8 Å². The van der Waals surface area contributed by atoms with Crippen LogP contribution < -0.4 is 5.32 Å². The minimum absolute atomic E-state index is 0.0446. The molecule has 0 bridgehead atoms. The van der Waals surface area contributed by atoms with Gasteiger partial charge in [0.2, 0.25) is 5.91 Å². The standard InChI is InChI=1S/C48H82NO8P/c1-3-5-7-9-11-13-15-17-19-21-22-23-24-25-27-29-31-33-35-37-39-41-48(52)55-44-46(50)45-57-58(53,54)56-43-42-49-47(51)40-38-36-34-32-30-28-26-20-18-16-14-12-10-8-6-4-2/h5,7,11,13,17,19,22-23,25,27,31,33,37,39,46,50H,3-4,6,8-10,12,14-16,18,20-21,24,26,28-30,32,34-36,38,40-45H2,1-2H3,(H,49,51)(H,53,54)/b7-5-,13-11-,19-17-,23-22-,27-25-,33-31-,39-37-. The predicted octanol–water partition coefficient (Wildman–Crippen LogP) is 12.8. The molecule has 332 valence electrons. The Morgan fingerprint density at radius 3 is 1.38 bits per heavy atom. The number of hydrogen-bond donors (Lipinski definition) is 3. The Bertz CT molecular complexity index is 1220. The van der Waals surface area contributed by atoms with Crippen LogP contribution in [-0.2, 0) is 27.9 Å². The van der Waals surface area contributed by atoms with Crippen molar-refractivity contribution in [2.24, 2.45) is 0 Å². The average molecular weight is 832 g/mol. The van der Waals surface area contributed by atoms with E-state index in [1.807, 2.05) is 12.2 Å². The quantitative estimate of drug-likeness (QED) is 0.0240. The van der Waals surface area contributed by atoms with Gasteiger partial charge in [0.05, 0.1) is 19.6 Å². The van der Waals surface area contributed by atoms with E-state index in [0.29, 0.717) is 12.8 Å². The number of ether oxygens (including phenoxy) is 1. The maximum Gasteiger partial charge on any atom is 0.472 e. The van der Waals surface area contributed by atoms with Crippen molar-refractivity contribution < 1.29 is 37.9 Å². The highest BCUT2D eigenvalue weighted by Crippen LogP contribution is 2.42. The van der Waals surface area contributed by atoms with Crippen LogP contribution in [0.3, 0.4) is 0 Å². The number of aliphatic hydroxyl groups excluding tert-OH is 1. The van der Waals surface area contributed by atoms with Crippen molar-refractivity contribution in [2.75, 3.05) is 26.4 Å². The molecule has 0 saturated carbocycles. The highest BCUT2D eigenvalue weighted by Gasteiger charge is 2.23. The Labute approximate surface area is 353 Å². The molecular formula is C48H82NO8P. The van der Waals surface area contributed by atoms with Crippen molar-refractivity contribution in [1.82, 2.24) is 5.32 Å². The van der Waals surface area contributed by atoms with Gasteiger partial charge in [-0.2, -0.15) is 0 Å². The first kappa shape index (κ1) is 55.2. The van der Waals surface area contributed by atoms with E-state index in [-0.39, 0.29) is 32.1 Å². The van der Waals surface area contributed by atoms with Gasteiger partial charge in [-0.05, 0) is 51.4 Å². The zero-order valence-electron chi connectivity index (χ0n) is 36.5. The van der Waals surface area contributed by atoms with Crippen molar-refractivity contribution >= 4 is 19.7 Å². The molecule has 0 fully saturated rings. The minimum Gasteiger partial charge on any atom is -0.463 e. The Hall–Kier alpha value is -2.81.